The third kappa shape index (κ3) is 1.73. The molecule has 0 bridgehead atoms. The highest BCUT2D eigenvalue weighted by molar-refractivity contribution is 5.92. The third-order valence-electron chi connectivity index (χ3n) is 2.66. The lowest BCUT2D eigenvalue weighted by Crippen LogP contribution is -2.00. The molecule has 0 radical (unpaired) electrons. The van der Waals surface area contributed by atoms with Crippen molar-refractivity contribution in [2.45, 2.75) is 6.54 Å². The van der Waals surface area contributed by atoms with Gasteiger partial charge in [0.05, 0.1) is 29.1 Å². The number of carboxylic acids is 1. The lowest BCUT2D eigenvalue weighted by molar-refractivity contribution is 0.0697. The minimum atomic E-state index is -0.958. The number of rotatable bonds is 3. The summed E-state index contributed by atoms with van der Waals surface area (Å²) in [6, 6.07) is 4.81. The maximum Gasteiger partial charge on any atom is 0.335 e. The average molecular weight is 243 g/mol. The van der Waals surface area contributed by atoms with Gasteiger partial charge < -0.3 is 14.1 Å². The Morgan fingerprint density at radius 3 is 3.00 bits per heavy atom. The van der Waals surface area contributed by atoms with Crippen molar-refractivity contribution in [1.82, 2.24) is 14.5 Å². The molecule has 3 rings (SSSR count). The summed E-state index contributed by atoms with van der Waals surface area (Å²) in [7, 11) is 0. The second-order valence-electron chi connectivity index (χ2n) is 3.81. The van der Waals surface area contributed by atoms with Crippen LogP contribution in [-0.4, -0.2) is 25.6 Å². The summed E-state index contributed by atoms with van der Waals surface area (Å²) in [6.45, 7) is 0.423. The molecule has 0 saturated carbocycles. The number of benzene rings is 1. The van der Waals surface area contributed by atoms with Crippen LogP contribution in [-0.2, 0) is 6.54 Å². The highest BCUT2D eigenvalue weighted by atomic mass is 16.4. The summed E-state index contributed by atoms with van der Waals surface area (Å²) in [5, 5.41) is 8.97. The van der Waals surface area contributed by atoms with E-state index in [1.165, 1.54) is 12.3 Å². The number of oxazole rings is 1. The molecule has 90 valence electrons. The van der Waals surface area contributed by atoms with Crippen LogP contribution in [0.15, 0.2) is 41.4 Å². The third-order valence-corrected chi connectivity index (χ3v) is 2.66. The van der Waals surface area contributed by atoms with Gasteiger partial charge in [0.2, 0.25) is 5.89 Å². The zero-order chi connectivity index (χ0) is 12.5. The SMILES string of the molecule is O=C(O)c1ccc2ncn(Cc3ncco3)c2c1. The van der Waals surface area contributed by atoms with Crippen LogP contribution in [0.2, 0.25) is 0 Å². The maximum absolute atomic E-state index is 10.9. The standard InChI is InChI=1S/C12H9N3O3/c16-12(17)8-1-2-9-10(5-8)15(7-14-9)6-11-13-3-4-18-11/h1-5,7H,6H2,(H,16,17). The monoisotopic (exact) mass is 243 g/mol. The predicted octanol–water partition coefficient (Wildman–Crippen LogP) is 1.77. The van der Waals surface area contributed by atoms with E-state index in [0.29, 0.717) is 12.4 Å². The van der Waals surface area contributed by atoms with E-state index >= 15 is 0 Å². The second kappa shape index (κ2) is 3.99. The van der Waals surface area contributed by atoms with E-state index in [1.807, 2.05) is 0 Å². The Balaban J connectivity index is 2.06. The van der Waals surface area contributed by atoms with Crippen LogP contribution in [0, 0.1) is 0 Å². The molecule has 0 aliphatic heterocycles. The van der Waals surface area contributed by atoms with E-state index in [-0.39, 0.29) is 5.56 Å². The molecule has 1 N–H and O–H groups in total. The second-order valence-corrected chi connectivity index (χ2v) is 3.81. The molecule has 6 nitrogen and oxygen atoms in total. The number of carbonyl (C=O) groups is 1. The zero-order valence-electron chi connectivity index (χ0n) is 9.28. The van der Waals surface area contributed by atoms with Crippen molar-refractivity contribution < 1.29 is 14.3 Å². The van der Waals surface area contributed by atoms with Crippen molar-refractivity contribution >= 4 is 17.0 Å². The van der Waals surface area contributed by atoms with E-state index in [2.05, 4.69) is 9.97 Å². The number of carboxylic acid groups (broad SMARTS) is 1. The quantitative estimate of drug-likeness (QED) is 0.758. The van der Waals surface area contributed by atoms with E-state index in [0.717, 1.165) is 11.0 Å². The van der Waals surface area contributed by atoms with Crippen molar-refractivity contribution in [3.8, 4) is 0 Å². The number of hydrogen-bond donors (Lipinski definition) is 1. The first kappa shape index (κ1) is 10.5. The molecular formula is C12H9N3O3. The van der Waals surface area contributed by atoms with Crippen molar-refractivity contribution in [1.29, 1.82) is 0 Å². The van der Waals surface area contributed by atoms with Gasteiger partial charge in [-0.05, 0) is 18.2 Å². The van der Waals surface area contributed by atoms with Gasteiger partial charge in [0.15, 0.2) is 0 Å². The summed E-state index contributed by atoms with van der Waals surface area (Å²) in [4.78, 5) is 19.2. The number of hydrogen-bond acceptors (Lipinski definition) is 4. The van der Waals surface area contributed by atoms with Crippen LogP contribution in [0.1, 0.15) is 16.2 Å². The maximum atomic E-state index is 10.9. The lowest BCUT2D eigenvalue weighted by Gasteiger charge is -2.01. The van der Waals surface area contributed by atoms with Gasteiger partial charge in [-0.25, -0.2) is 14.8 Å². The zero-order valence-corrected chi connectivity index (χ0v) is 9.28. The van der Waals surface area contributed by atoms with Gasteiger partial charge in [-0.3, -0.25) is 0 Å². The highest BCUT2D eigenvalue weighted by Crippen LogP contribution is 2.16. The summed E-state index contributed by atoms with van der Waals surface area (Å²) in [5.41, 5.74) is 1.72. The first-order chi connectivity index (χ1) is 8.74. The topological polar surface area (TPSA) is 81.1 Å². The van der Waals surface area contributed by atoms with Gasteiger partial charge in [0.1, 0.15) is 12.8 Å². The molecular weight excluding hydrogens is 234 g/mol. The van der Waals surface area contributed by atoms with Crippen LogP contribution in [0.3, 0.4) is 0 Å². The molecule has 0 unspecified atom stereocenters. The fraction of sp³-hybridized carbons (Fsp3) is 0.0833. The average Bonchev–Trinajstić information content (AvgIpc) is 2.99. The van der Waals surface area contributed by atoms with E-state index in [9.17, 15) is 4.79 Å². The van der Waals surface area contributed by atoms with Gasteiger partial charge in [0.25, 0.3) is 0 Å². The van der Waals surface area contributed by atoms with Crippen molar-refractivity contribution in [2.75, 3.05) is 0 Å². The Morgan fingerprint density at radius 2 is 2.28 bits per heavy atom. The van der Waals surface area contributed by atoms with E-state index < -0.39 is 5.97 Å². The molecule has 0 saturated heterocycles. The van der Waals surface area contributed by atoms with Gasteiger partial charge in [-0.15, -0.1) is 0 Å². The molecule has 0 aliphatic carbocycles. The fourth-order valence-electron chi connectivity index (χ4n) is 1.79. The molecule has 3 aromatic rings. The Kier molecular flexibility index (Phi) is 2.33. The Hall–Kier alpha value is -2.63. The Morgan fingerprint density at radius 1 is 1.39 bits per heavy atom. The minimum absolute atomic E-state index is 0.233. The van der Waals surface area contributed by atoms with Crippen LogP contribution in [0.4, 0.5) is 0 Å². The Labute approximate surface area is 102 Å². The molecule has 0 fully saturated rings. The number of fused-ring (bicyclic) bond motifs is 1. The van der Waals surface area contributed by atoms with Gasteiger partial charge in [-0.2, -0.15) is 0 Å². The summed E-state index contributed by atoms with van der Waals surface area (Å²) < 4.78 is 6.96. The van der Waals surface area contributed by atoms with Gasteiger partial charge in [0, 0.05) is 0 Å². The van der Waals surface area contributed by atoms with Gasteiger partial charge >= 0.3 is 5.97 Å². The molecule has 0 atom stereocenters. The normalized spacial score (nSPS) is 10.9. The summed E-state index contributed by atoms with van der Waals surface area (Å²) >= 11 is 0. The van der Waals surface area contributed by atoms with Crippen molar-refractivity contribution in [3.05, 3.63) is 48.4 Å². The first-order valence-electron chi connectivity index (χ1n) is 5.30. The van der Waals surface area contributed by atoms with Crippen molar-refractivity contribution in [2.24, 2.45) is 0 Å². The van der Waals surface area contributed by atoms with E-state index in [4.69, 9.17) is 9.52 Å². The molecule has 2 aromatic heterocycles. The van der Waals surface area contributed by atoms with Gasteiger partial charge in [-0.1, -0.05) is 0 Å². The van der Waals surface area contributed by atoms with Crippen LogP contribution in [0.5, 0.6) is 0 Å². The lowest BCUT2D eigenvalue weighted by atomic mass is 10.2. The highest BCUT2D eigenvalue weighted by Gasteiger charge is 2.09. The molecule has 0 amide bonds. The number of nitrogens with zero attached hydrogens (tertiary/aromatic N) is 3. The van der Waals surface area contributed by atoms with Crippen molar-refractivity contribution in [3.63, 3.8) is 0 Å². The summed E-state index contributed by atoms with van der Waals surface area (Å²) in [6.07, 6.45) is 4.70. The minimum Gasteiger partial charge on any atom is -0.478 e. The smallest absolute Gasteiger partial charge is 0.335 e. The number of imidazole rings is 1. The predicted molar refractivity (Wildman–Crippen MR) is 62.3 cm³/mol. The van der Waals surface area contributed by atoms with Crippen LogP contribution < -0.4 is 0 Å². The van der Waals surface area contributed by atoms with E-state index in [1.54, 1.807) is 29.2 Å². The molecule has 1 aromatic carbocycles. The molecule has 18 heavy (non-hydrogen) atoms. The van der Waals surface area contributed by atoms with Crippen LogP contribution in [0.25, 0.3) is 11.0 Å². The number of aromatic nitrogens is 3. The molecule has 6 heteroatoms. The Bertz CT molecular complexity index is 701. The largest absolute Gasteiger partial charge is 0.478 e. The molecule has 0 spiro atoms. The molecule has 2 heterocycles. The first-order valence-corrected chi connectivity index (χ1v) is 5.30. The molecule has 0 aliphatic rings. The fourth-order valence-corrected chi connectivity index (χ4v) is 1.79. The van der Waals surface area contributed by atoms with Crippen LogP contribution >= 0.6 is 0 Å². The summed E-state index contributed by atoms with van der Waals surface area (Å²) in [5.74, 6) is -0.407. The number of aromatic carboxylic acids is 1.